The number of fused-ring (bicyclic) bond motifs is 3. The van der Waals surface area contributed by atoms with Gasteiger partial charge in [-0.25, -0.2) is 0 Å². The van der Waals surface area contributed by atoms with E-state index in [2.05, 4.69) is 41.5 Å². The Bertz CT molecular complexity index is 1280. The van der Waals surface area contributed by atoms with Gasteiger partial charge in [-0.05, 0) is 72.7 Å². The Balaban J connectivity index is 1.62. The quantitative estimate of drug-likeness (QED) is 0.271. The lowest BCUT2D eigenvalue weighted by Crippen LogP contribution is -2.71. The van der Waals surface area contributed by atoms with E-state index in [-0.39, 0.29) is 42.6 Å². The molecule has 4 aliphatic carbocycles. The van der Waals surface area contributed by atoms with Gasteiger partial charge in [-0.3, -0.25) is 14.4 Å². The van der Waals surface area contributed by atoms with Gasteiger partial charge in [-0.1, -0.05) is 54.0 Å². The molecule has 0 amide bonds. The van der Waals surface area contributed by atoms with Crippen molar-refractivity contribution < 1.29 is 43.9 Å². The fraction of sp³-hybridized carbons (Fsp3) is 0.861. The lowest BCUT2D eigenvalue weighted by atomic mass is 9.34. The zero-order valence-electron chi connectivity index (χ0n) is 29.1. The van der Waals surface area contributed by atoms with Crippen molar-refractivity contribution in [1.82, 2.24) is 0 Å². The normalized spacial score (nSPS) is 45.4. The molecule has 4 fully saturated rings. The molecule has 3 saturated carbocycles. The lowest BCUT2D eigenvalue weighted by molar-refractivity contribution is -0.272. The third kappa shape index (κ3) is 4.78. The summed E-state index contributed by atoms with van der Waals surface area (Å²) in [5, 5.41) is 31.4. The smallest absolute Gasteiger partial charge is 0.308 e. The number of allylic oxidation sites excluding steroid dienone is 1. The number of ketones is 1. The van der Waals surface area contributed by atoms with E-state index < -0.39 is 69.3 Å². The molecule has 260 valence electrons. The van der Waals surface area contributed by atoms with E-state index >= 15 is 0 Å². The molecule has 1 heterocycles. The number of esters is 1. The number of rotatable bonds is 9. The molecule has 5 N–H and O–H groups in total. The molecule has 0 aromatic rings. The van der Waals surface area contributed by atoms with Crippen molar-refractivity contribution in [2.75, 3.05) is 33.0 Å². The summed E-state index contributed by atoms with van der Waals surface area (Å²) in [5.74, 6) is -1.96. The Kier molecular flexibility index (Phi) is 8.97. The Morgan fingerprint density at radius 2 is 1.80 bits per heavy atom. The van der Waals surface area contributed by atoms with Crippen LogP contribution in [0.15, 0.2) is 11.6 Å². The number of aliphatic hydroxyl groups is 2. The fourth-order valence-corrected chi connectivity index (χ4v) is 11.4. The molecule has 46 heavy (non-hydrogen) atoms. The Morgan fingerprint density at radius 3 is 2.37 bits per heavy atom. The summed E-state index contributed by atoms with van der Waals surface area (Å²) < 4.78 is 18.7. The second-order valence-corrected chi connectivity index (χ2v) is 16.9. The minimum atomic E-state index is -1.64. The molecular weight excluding hydrogens is 590 g/mol. The van der Waals surface area contributed by atoms with Crippen LogP contribution in [0.5, 0.6) is 0 Å². The average molecular weight is 648 g/mol. The summed E-state index contributed by atoms with van der Waals surface area (Å²) >= 11 is 0. The van der Waals surface area contributed by atoms with Crippen LogP contribution in [0, 0.1) is 56.7 Å². The highest BCUT2D eigenvalue weighted by Crippen LogP contribution is 2.74. The summed E-state index contributed by atoms with van der Waals surface area (Å²) in [5.41, 5.74) is 1.63. The zero-order chi connectivity index (χ0) is 34.3. The van der Waals surface area contributed by atoms with Crippen molar-refractivity contribution in [2.45, 2.75) is 105 Å². The average Bonchev–Trinajstić information content (AvgIpc) is 2.97. The minimum Gasteiger partial charge on any atom is -0.481 e. The lowest BCUT2D eigenvalue weighted by Gasteiger charge is -2.70. The predicted molar refractivity (Wildman–Crippen MR) is 170 cm³/mol. The number of aliphatic hydroxyl groups excluding tert-OH is 1. The van der Waals surface area contributed by atoms with E-state index in [0.717, 1.165) is 31.3 Å². The van der Waals surface area contributed by atoms with Crippen molar-refractivity contribution in [3.05, 3.63) is 11.6 Å². The molecule has 1 saturated heterocycles. The van der Waals surface area contributed by atoms with Gasteiger partial charge in [0.2, 0.25) is 0 Å². The SMILES string of the molecule is CC(=O)O[C@@H]1C[C@@]23COCC(C)([C@H]1OCC(O)(CN)CO)[C@@H]2CC[C@H]1C3=CC(=O)[C@@]2(C)[C@H](C(=O)O)[C@@](C)([C@H](C)C(C)C)CC[C@]12C. The maximum absolute atomic E-state index is 14.8. The molecule has 5 rings (SSSR count). The van der Waals surface area contributed by atoms with E-state index in [1.54, 1.807) is 6.08 Å². The van der Waals surface area contributed by atoms with E-state index in [1.807, 2.05) is 6.92 Å². The summed E-state index contributed by atoms with van der Waals surface area (Å²) in [7, 11) is 0. The van der Waals surface area contributed by atoms with Crippen molar-refractivity contribution >= 4 is 17.7 Å². The van der Waals surface area contributed by atoms with Gasteiger partial charge in [-0.2, -0.15) is 0 Å². The predicted octanol–water partition coefficient (Wildman–Crippen LogP) is 3.75. The largest absolute Gasteiger partial charge is 0.481 e. The first-order valence-corrected chi connectivity index (χ1v) is 17.2. The van der Waals surface area contributed by atoms with Crippen LogP contribution >= 0.6 is 0 Å². The first-order valence-electron chi connectivity index (χ1n) is 17.2. The zero-order valence-corrected chi connectivity index (χ0v) is 29.1. The molecular formula is C36H57NO9. The van der Waals surface area contributed by atoms with E-state index in [9.17, 15) is 29.7 Å². The second kappa shape index (κ2) is 11.6. The first-order chi connectivity index (χ1) is 21.3. The Morgan fingerprint density at radius 1 is 1.13 bits per heavy atom. The fourth-order valence-electron chi connectivity index (χ4n) is 11.4. The van der Waals surface area contributed by atoms with Crippen LogP contribution in [0.4, 0.5) is 0 Å². The monoisotopic (exact) mass is 647 g/mol. The number of aliphatic carboxylic acids is 1. The highest BCUT2D eigenvalue weighted by molar-refractivity contribution is 6.00. The molecule has 1 aliphatic heterocycles. The summed E-state index contributed by atoms with van der Waals surface area (Å²) in [4.78, 5) is 40.6. The molecule has 0 aromatic heterocycles. The van der Waals surface area contributed by atoms with Gasteiger partial charge in [0, 0.05) is 29.7 Å². The van der Waals surface area contributed by atoms with Crippen molar-refractivity contribution in [3.8, 4) is 0 Å². The van der Waals surface area contributed by atoms with Gasteiger partial charge < -0.3 is 35.3 Å². The Hall–Kier alpha value is -1.85. The van der Waals surface area contributed by atoms with Crippen molar-refractivity contribution in [1.29, 1.82) is 0 Å². The number of hydrogen-bond donors (Lipinski definition) is 4. The van der Waals surface area contributed by atoms with Crippen LogP contribution in [0.1, 0.15) is 87.5 Å². The molecule has 10 nitrogen and oxygen atoms in total. The van der Waals surface area contributed by atoms with Gasteiger partial charge in [-0.15, -0.1) is 0 Å². The molecule has 5 aliphatic rings. The Labute approximate surface area is 273 Å². The summed E-state index contributed by atoms with van der Waals surface area (Å²) in [6.45, 7) is 15.7. The first kappa shape index (κ1) is 35.5. The number of carbonyl (C=O) groups excluding carboxylic acids is 2. The van der Waals surface area contributed by atoms with Crippen molar-refractivity contribution in [3.63, 3.8) is 0 Å². The molecule has 2 bridgehead atoms. The van der Waals surface area contributed by atoms with Crippen LogP contribution in [0.3, 0.4) is 0 Å². The van der Waals surface area contributed by atoms with Crippen LogP contribution < -0.4 is 5.73 Å². The maximum atomic E-state index is 14.8. The molecule has 12 atom stereocenters. The minimum absolute atomic E-state index is 0.0269. The molecule has 0 aromatic carbocycles. The van der Waals surface area contributed by atoms with Crippen LogP contribution in [-0.2, 0) is 28.6 Å². The number of carbonyl (C=O) groups is 3. The maximum Gasteiger partial charge on any atom is 0.308 e. The second-order valence-electron chi connectivity index (χ2n) is 16.9. The number of carboxylic acids is 1. The summed E-state index contributed by atoms with van der Waals surface area (Å²) in [6, 6.07) is 0. The highest BCUT2D eigenvalue weighted by atomic mass is 16.6. The number of ether oxygens (including phenoxy) is 3. The van der Waals surface area contributed by atoms with Gasteiger partial charge in [0.05, 0.1) is 32.3 Å². The van der Waals surface area contributed by atoms with Crippen LogP contribution in [-0.4, -0.2) is 83.8 Å². The molecule has 2 unspecified atom stereocenters. The molecule has 0 radical (unpaired) electrons. The van der Waals surface area contributed by atoms with E-state index in [1.165, 1.54) is 6.92 Å². The van der Waals surface area contributed by atoms with E-state index in [4.69, 9.17) is 19.9 Å². The number of hydrogen-bond acceptors (Lipinski definition) is 9. The van der Waals surface area contributed by atoms with E-state index in [0.29, 0.717) is 19.6 Å². The van der Waals surface area contributed by atoms with Gasteiger partial charge in [0.1, 0.15) is 17.8 Å². The van der Waals surface area contributed by atoms with Crippen LogP contribution in [0.25, 0.3) is 0 Å². The van der Waals surface area contributed by atoms with Gasteiger partial charge >= 0.3 is 11.9 Å². The molecule has 0 spiro atoms. The standard InChI is InChI=1S/C36H57NO9/c1-20(2)21(3)31(5)11-12-33(7)23-9-10-26-32(6)17-44-19-36(26,24(23)13-27(40)34(33,8)28(31)30(41)42)14-25(46-22(4)39)29(32)45-18-35(43,15-37)16-38/h13,20-21,23,25-26,28-29,38,43H,9-12,14-19,37H2,1-8H3,(H,41,42)/t21-,23+,25-,26+,28-,29+,31-,32?,33-,34+,35?,36+/m1/s1. The van der Waals surface area contributed by atoms with Crippen LogP contribution in [0.2, 0.25) is 0 Å². The summed E-state index contributed by atoms with van der Waals surface area (Å²) in [6.07, 6.45) is 3.90. The third-order valence-electron chi connectivity index (χ3n) is 14.5. The molecule has 10 heteroatoms. The van der Waals surface area contributed by atoms with Gasteiger partial charge in [0.25, 0.3) is 0 Å². The topological polar surface area (TPSA) is 166 Å². The number of nitrogens with two attached hydrogens (primary N) is 1. The van der Waals surface area contributed by atoms with Gasteiger partial charge in [0.15, 0.2) is 5.78 Å². The van der Waals surface area contributed by atoms with Crippen molar-refractivity contribution in [2.24, 2.45) is 62.4 Å². The number of carboxylic acid groups (broad SMARTS) is 1. The highest BCUT2D eigenvalue weighted by Gasteiger charge is 2.74. The third-order valence-corrected chi connectivity index (χ3v) is 14.5.